The van der Waals surface area contributed by atoms with E-state index >= 15 is 0 Å². The van der Waals surface area contributed by atoms with E-state index in [0.717, 1.165) is 35.4 Å². The lowest BCUT2D eigenvalue weighted by Gasteiger charge is -2.32. The molecular formula is C21H24N4O2S. The van der Waals surface area contributed by atoms with Crippen molar-refractivity contribution in [2.45, 2.75) is 37.6 Å². The van der Waals surface area contributed by atoms with Gasteiger partial charge in [-0.15, -0.1) is 10.2 Å². The first-order valence-corrected chi connectivity index (χ1v) is 10.9. The smallest absolute Gasteiger partial charge is 0.243 e. The van der Waals surface area contributed by atoms with Crippen LogP contribution in [0.4, 0.5) is 0 Å². The Bertz CT molecular complexity index is 1070. The van der Waals surface area contributed by atoms with Gasteiger partial charge in [-0.05, 0) is 49.9 Å². The van der Waals surface area contributed by atoms with E-state index < -0.39 is 10.0 Å². The summed E-state index contributed by atoms with van der Waals surface area (Å²) in [6.45, 7) is 4.91. The summed E-state index contributed by atoms with van der Waals surface area (Å²) >= 11 is 0. The molecule has 0 bridgehead atoms. The normalized spacial score (nSPS) is 16.4. The Morgan fingerprint density at radius 3 is 2.36 bits per heavy atom. The van der Waals surface area contributed by atoms with Crippen molar-refractivity contribution in [3.63, 3.8) is 0 Å². The van der Waals surface area contributed by atoms with Crippen LogP contribution in [0.5, 0.6) is 0 Å². The SMILES string of the molecule is Cc1ccc(S(=O)(=O)N2CCC(n3cnnc3-c3ccccc3)CC2)cc1C. The van der Waals surface area contributed by atoms with Crippen LogP contribution >= 0.6 is 0 Å². The van der Waals surface area contributed by atoms with Crippen LogP contribution in [0.3, 0.4) is 0 Å². The highest BCUT2D eigenvalue weighted by molar-refractivity contribution is 7.89. The number of aryl methyl sites for hydroxylation is 2. The predicted molar refractivity (Wildman–Crippen MR) is 108 cm³/mol. The Kier molecular flexibility index (Phi) is 5.03. The van der Waals surface area contributed by atoms with Crippen LogP contribution in [0.1, 0.15) is 30.0 Å². The second-order valence-electron chi connectivity index (χ2n) is 7.31. The highest BCUT2D eigenvalue weighted by Gasteiger charge is 2.31. The summed E-state index contributed by atoms with van der Waals surface area (Å²) in [6.07, 6.45) is 3.23. The molecule has 1 aliphatic rings. The van der Waals surface area contributed by atoms with Gasteiger partial charge in [-0.25, -0.2) is 8.42 Å². The molecule has 0 spiro atoms. The molecule has 4 rings (SSSR count). The minimum atomic E-state index is -3.46. The van der Waals surface area contributed by atoms with Gasteiger partial charge in [0.25, 0.3) is 0 Å². The molecule has 7 heteroatoms. The van der Waals surface area contributed by atoms with Gasteiger partial charge in [0.05, 0.1) is 4.90 Å². The third kappa shape index (κ3) is 3.47. The van der Waals surface area contributed by atoms with Gasteiger partial charge < -0.3 is 4.57 Å². The van der Waals surface area contributed by atoms with Crippen molar-refractivity contribution in [2.75, 3.05) is 13.1 Å². The number of benzene rings is 2. The zero-order valence-corrected chi connectivity index (χ0v) is 16.9. The van der Waals surface area contributed by atoms with Crippen molar-refractivity contribution < 1.29 is 8.42 Å². The fourth-order valence-corrected chi connectivity index (χ4v) is 5.24. The van der Waals surface area contributed by atoms with E-state index in [1.54, 1.807) is 22.8 Å². The van der Waals surface area contributed by atoms with Crippen molar-refractivity contribution in [3.05, 3.63) is 66.0 Å². The lowest BCUT2D eigenvalue weighted by Crippen LogP contribution is -2.39. The molecule has 28 heavy (non-hydrogen) atoms. The lowest BCUT2D eigenvalue weighted by atomic mass is 10.1. The molecular weight excluding hydrogens is 372 g/mol. The van der Waals surface area contributed by atoms with Crippen molar-refractivity contribution in [1.82, 2.24) is 19.1 Å². The Hall–Kier alpha value is -2.51. The lowest BCUT2D eigenvalue weighted by molar-refractivity contribution is 0.275. The molecule has 2 aromatic carbocycles. The largest absolute Gasteiger partial charge is 0.310 e. The van der Waals surface area contributed by atoms with E-state index in [4.69, 9.17) is 0 Å². The molecule has 146 valence electrons. The molecule has 1 saturated heterocycles. The molecule has 0 atom stereocenters. The number of rotatable bonds is 4. The minimum Gasteiger partial charge on any atom is -0.310 e. The third-order valence-corrected chi connectivity index (χ3v) is 7.43. The quantitative estimate of drug-likeness (QED) is 0.676. The van der Waals surface area contributed by atoms with Crippen molar-refractivity contribution in [3.8, 4) is 11.4 Å². The molecule has 0 radical (unpaired) electrons. The third-order valence-electron chi connectivity index (χ3n) is 5.54. The number of hydrogen-bond acceptors (Lipinski definition) is 4. The summed E-state index contributed by atoms with van der Waals surface area (Å²) in [5.74, 6) is 0.830. The average Bonchev–Trinajstić information content (AvgIpc) is 3.20. The second kappa shape index (κ2) is 7.48. The summed E-state index contributed by atoms with van der Waals surface area (Å²) in [5.41, 5.74) is 3.11. The van der Waals surface area contributed by atoms with Gasteiger partial charge in [0.2, 0.25) is 10.0 Å². The van der Waals surface area contributed by atoms with E-state index in [0.29, 0.717) is 18.0 Å². The fraction of sp³-hybridized carbons (Fsp3) is 0.333. The molecule has 2 heterocycles. The average molecular weight is 397 g/mol. The first kappa shape index (κ1) is 18.8. The van der Waals surface area contributed by atoms with Crippen LogP contribution in [0.15, 0.2) is 59.8 Å². The van der Waals surface area contributed by atoms with Crippen LogP contribution < -0.4 is 0 Å². The first-order valence-electron chi connectivity index (χ1n) is 9.49. The second-order valence-corrected chi connectivity index (χ2v) is 9.25. The van der Waals surface area contributed by atoms with Crippen LogP contribution in [0.25, 0.3) is 11.4 Å². The maximum absolute atomic E-state index is 13.0. The first-order chi connectivity index (χ1) is 13.5. The topological polar surface area (TPSA) is 68.1 Å². The minimum absolute atomic E-state index is 0.191. The number of hydrogen-bond donors (Lipinski definition) is 0. The van der Waals surface area contributed by atoms with E-state index in [1.807, 2.05) is 50.2 Å². The zero-order valence-electron chi connectivity index (χ0n) is 16.1. The molecule has 0 N–H and O–H groups in total. The number of nitrogens with zero attached hydrogens (tertiary/aromatic N) is 4. The Morgan fingerprint density at radius 1 is 0.964 bits per heavy atom. The fourth-order valence-electron chi connectivity index (χ4n) is 3.69. The van der Waals surface area contributed by atoms with E-state index in [2.05, 4.69) is 14.8 Å². The van der Waals surface area contributed by atoms with Gasteiger partial charge in [-0.1, -0.05) is 36.4 Å². The van der Waals surface area contributed by atoms with Crippen LogP contribution in [0.2, 0.25) is 0 Å². The van der Waals surface area contributed by atoms with Gasteiger partial charge in [0, 0.05) is 24.7 Å². The standard InChI is InChI=1S/C21H24N4O2S/c1-16-8-9-20(14-17(16)2)28(26,27)24-12-10-19(11-13-24)25-15-22-23-21(25)18-6-4-3-5-7-18/h3-9,14-15,19H,10-13H2,1-2H3. The molecule has 3 aromatic rings. The van der Waals surface area contributed by atoms with Gasteiger partial charge in [0.15, 0.2) is 5.82 Å². The molecule has 0 aliphatic carbocycles. The maximum atomic E-state index is 13.0. The predicted octanol–water partition coefficient (Wildman–Crippen LogP) is 3.59. The Balaban J connectivity index is 1.51. The van der Waals surface area contributed by atoms with Crippen molar-refractivity contribution >= 4 is 10.0 Å². The summed E-state index contributed by atoms with van der Waals surface area (Å²) < 4.78 is 29.7. The molecule has 1 aromatic heterocycles. The molecule has 0 unspecified atom stereocenters. The summed E-state index contributed by atoms with van der Waals surface area (Å²) in [5, 5.41) is 8.36. The molecule has 1 fully saturated rings. The monoisotopic (exact) mass is 396 g/mol. The number of piperidine rings is 1. The molecule has 1 aliphatic heterocycles. The van der Waals surface area contributed by atoms with Crippen LogP contribution in [-0.2, 0) is 10.0 Å². The Labute approximate surface area is 165 Å². The number of sulfonamides is 1. The number of aromatic nitrogens is 3. The molecule has 0 amide bonds. The highest BCUT2D eigenvalue weighted by Crippen LogP contribution is 2.30. The van der Waals surface area contributed by atoms with Crippen molar-refractivity contribution in [1.29, 1.82) is 0 Å². The van der Waals surface area contributed by atoms with Gasteiger partial charge in [-0.2, -0.15) is 4.31 Å². The van der Waals surface area contributed by atoms with E-state index in [9.17, 15) is 8.42 Å². The van der Waals surface area contributed by atoms with Crippen LogP contribution in [0, 0.1) is 13.8 Å². The van der Waals surface area contributed by atoms with Crippen molar-refractivity contribution in [2.24, 2.45) is 0 Å². The van der Waals surface area contributed by atoms with E-state index in [-0.39, 0.29) is 6.04 Å². The molecule has 0 saturated carbocycles. The van der Waals surface area contributed by atoms with Crippen LogP contribution in [-0.4, -0.2) is 40.6 Å². The van der Waals surface area contributed by atoms with Gasteiger partial charge in [0.1, 0.15) is 6.33 Å². The summed E-state index contributed by atoms with van der Waals surface area (Å²) in [7, 11) is -3.46. The van der Waals surface area contributed by atoms with Gasteiger partial charge in [-0.3, -0.25) is 0 Å². The zero-order chi connectivity index (χ0) is 19.7. The van der Waals surface area contributed by atoms with Gasteiger partial charge >= 0.3 is 0 Å². The summed E-state index contributed by atoms with van der Waals surface area (Å²) in [6, 6.07) is 15.5. The highest BCUT2D eigenvalue weighted by atomic mass is 32.2. The summed E-state index contributed by atoms with van der Waals surface area (Å²) in [4.78, 5) is 0.378. The maximum Gasteiger partial charge on any atom is 0.243 e. The Morgan fingerprint density at radius 2 is 1.68 bits per heavy atom. The van der Waals surface area contributed by atoms with E-state index in [1.165, 1.54) is 0 Å². The molecule has 6 nitrogen and oxygen atoms in total.